The van der Waals surface area contributed by atoms with Crippen molar-refractivity contribution in [3.05, 3.63) is 59.1 Å². The maximum atomic E-state index is 14.3. The molecule has 2 aromatic heterocycles. The minimum atomic E-state index is -4.37. The summed E-state index contributed by atoms with van der Waals surface area (Å²) >= 11 is 0. The van der Waals surface area contributed by atoms with Gasteiger partial charge in [-0.3, -0.25) is 23.7 Å². The average Bonchev–Trinajstić information content (AvgIpc) is 3.51. The third-order valence-corrected chi connectivity index (χ3v) is 9.16. The Morgan fingerprint density at radius 3 is 2.80 bits per heavy atom. The zero-order valence-electron chi connectivity index (χ0n) is 25.1. The zero-order valence-corrected chi connectivity index (χ0v) is 26.0. The molecule has 1 saturated heterocycles. The number of imidazole rings is 1. The number of fused-ring (bicyclic) bond motifs is 2. The van der Waals surface area contributed by atoms with Crippen molar-refractivity contribution in [3.8, 4) is 5.75 Å². The van der Waals surface area contributed by atoms with Gasteiger partial charge in [-0.2, -0.15) is 10.1 Å². The molecule has 5 rings (SSSR count). The lowest BCUT2D eigenvalue weighted by Gasteiger charge is -2.27. The van der Waals surface area contributed by atoms with Crippen LogP contribution in [0.15, 0.2) is 53.6 Å². The summed E-state index contributed by atoms with van der Waals surface area (Å²) in [6.45, 7) is 4.50. The van der Waals surface area contributed by atoms with Crippen molar-refractivity contribution in [2.75, 3.05) is 18.9 Å². The van der Waals surface area contributed by atoms with Gasteiger partial charge in [0.05, 0.1) is 19.5 Å². The molecule has 2 aromatic carbocycles. The van der Waals surface area contributed by atoms with E-state index in [-0.39, 0.29) is 29.5 Å². The predicted molar refractivity (Wildman–Crippen MR) is 164 cm³/mol. The van der Waals surface area contributed by atoms with E-state index in [9.17, 15) is 24.4 Å². The van der Waals surface area contributed by atoms with E-state index in [2.05, 4.69) is 20.0 Å². The Labute approximate surface area is 258 Å². The van der Waals surface area contributed by atoms with Crippen molar-refractivity contribution in [1.29, 1.82) is 0 Å². The summed E-state index contributed by atoms with van der Waals surface area (Å²) in [5.41, 5.74) is 3.14. The van der Waals surface area contributed by atoms with E-state index in [0.29, 0.717) is 11.8 Å². The van der Waals surface area contributed by atoms with Gasteiger partial charge in [0.1, 0.15) is 29.6 Å². The number of esters is 1. The minimum Gasteiger partial charge on any atom is -0.465 e. The van der Waals surface area contributed by atoms with Crippen LogP contribution in [0.5, 0.6) is 5.75 Å². The summed E-state index contributed by atoms with van der Waals surface area (Å²) in [5, 5.41) is 26.5. The molecule has 15 nitrogen and oxygen atoms in total. The number of ether oxygens (including phenoxy) is 2. The van der Waals surface area contributed by atoms with E-state index in [0.717, 1.165) is 18.2 Å². The number of nitrogen functional groups attached to an aromatic ring is 1. The van der Waals surface area contributed by atoms with Gasteiger partial charge in [0.25, 0.3) is 5.56 Å². The van der Waals surface area contributed by atoms with E-state index >= 15 is 0 Å². The number of hydrogen-bond donors (Lipinski definition) is 5. The highest BCUT2D eigenvalue weighted by molar-refractivity contribution is 7.52. The van der Waals surface area contributed by atoms with Gasteiger partial charge in [0, 0.05) is 5.39 Å². The number of nitrogens with two attached hydrogens (primary N) is 1. The van der Waals surface area contributed by atoms with Crippen LogP contribution in [0.2, 0.25) is 0 Å². The van der Waals surface area contributed by atoms with E-state index < -0.39 is 56.0 Å². The van der Waals surface area contributed by atoms with Crippen LogP contribution in [0, 0.1) is 0 Å². The van der Waals surface area contributed by atoms with Gasteiger partial charge in [-0.1, -0.05) is 56.2 Å². The first-order valence-corrected chi connectivity index (χ1v) is 16.1. The van der Waals surface area contributed by atoms with E-state index in [1.165, 1.54) is 24.7 Å². The number of carbonyl (C=O) groups is 1. The number of nitrogens with zero attached hydrogens (tertiary/aromatic N) is 3. The smallest absolute Gasteiger partial charge is 0.459 e. The lowest BCUT2D eigenvalue weighted by Crippen LogP contribution is -2.44. The van der Waals surface area contributed by atoms with Crippen LogP contribution < -0.4 is 20.9 Å². The topological polar surface area (TPSA) is 213 Å². The Balaban J connectivity index is 1.38. The van der Waals surface area contributed by atoms with E-state index in [1.54, 1.807) is 24.3 Å². The molecule has 4 aromatic rings. The number of aliphatic hydroxyl groups excluding tert-OH is 1. The van der Waals surface area contributed by atoms with Crippen molar-refractivity contribution < 1.29 is 38.1 Å². The van der Waals surface area contributed by atoms with Crippen molar-refractivity contribution in [2.45, 2.75) is 70.1 Å². The lowest BCUT2D eigenvalue weighted by atomic mass is 9.96. The monoisotopic (exact) mass is 644 g/mol. The minimum absolute atomic E-state index is 0.0215. The molecule has 0 saturated carbocycles. The molecule has 0 radical (unpaired) electrons. The van der Waals surface area contributed by atoms with Crippen molar-refractivity contribution >= 4 is 41.6 Å². The average molecular weight is 645 g/mol. The Hall–Kier alpha value is -3.85. The van der Waals surface area contributed by atoms with Gasteiger partial charge in [-0.15, -0.1) is 0 Å². The number of H-pyrrole nitrogens is 1. The van der Waals surface area contributed by atoms with E-state index in [4.69, 9.17) is 24.3 Å². The van der Waals surface area contributed by atoms with Gasteiger partial charge in [0.15, 0.2) is 17.4 Å². The van der Waals surface area contributed by atoms with Crippen LogP contribution in [0.1, 0.15) is 46.3 Å². The highest BCUT2D eigenvalue weighted by Crippen LogP contribution is 2.48. The van der Waals surface area contributed by atoms with Crippen LogP contribution in [-0.2, 0) is 23.4 Å². The summed E-state index contributed by atoms with van der Waals surface area (Å²) in [6, 6.07) is 11.4. The van der Waals surface area contributed by atoms with Crippen LogP contribution in [-0.4, -0.2) is 72.8 Å². The molecular formula is C29H37N6O9P. The molecule has 1 aliphatic rings. The Morgan fingerprint density at radius 1 is 1.27 bits per heavy atom. The number of benzene rings is 2. The molecule has 6 atom stereocenters. The Morgan fingerprint density at radius 2 is 2.02 bits per heavy atom. The normalized spacial score (nSPS) is 23.6. The number of aromatic nitrogens is 4. The molecule has 45 heavy (non-hydrogen) atoms. The molecule has 242 valence electrons. The number of aliphatic hydroxyl groups is 2. The largest absolute Gasteiger partial charge is 0.465 e. The summed E-state index contributed by atoms with van der Waals surface area (Å²) in [4.78, 5) is 35.5. The first kappa shape index (κ1) is 32.5. The summed E-state index contributed by atoms with van der Waals surface area (Å²) in [6.07, 6.45) is -0.333. The number of unbranched alkanes of at least 4 members (excludes halogenated alkanes) is 2. The van der Waals surface area contributed by atoms with Gasteiger partial charge in [-0.25, -0.2) is 9.55 Å². The summed E-state index contributed by atoms with van der Waals surface area (Å²) in [5.74, 6) is -0.600. The van der Waals surface area contributed by atoms with Gasteiger partial charge >= 0.3 is 13.7 Å². The highest BCUT2D eigenvalue weighted by Gasteiger charge is 2.54. The maximum absolute atomic E-state index is 14.3. The van der Waals surface area contributed by atoms with Crippen molar-refractivity contribution in [3.63, 3.8) is 0 Å². The third kappa shape index (κ3) is 6.88. The predicted octanol–water partition coefficient (Wildman–Crippen LogP) is 2.78. The highest BCUT2D eigenvalue weighted by atomic mass is 31.2. The zero-order chi connectivity index (χ0) is 32.4. The van der Waals surface area contributed by atoms with Crippen molar-refractivity contribution in [1.82, 2.24) is 24.6 Å². The Bertz CT molecular complexity index is 1770. The summed E-state index contributed by atoms with van der Waals surface area (Å²) < 4.78 is 38.6. The second-order valence-corrected chi connectivity index (χ2v) is 12.8. The number of rotatable bonds is 13. The fraction of sp³-hybridized carbons (Fsp3) is 0.448. The molecule has 3 heterocycles. The van der Waals surface area contributed by atoms with Crippen LogP contribution in [0.3, 0.4) is 0 Å². The first-order valence-electron chi connectivity index (χ1n) is 14.6. The van der Waals surface area contributed by atoms with Gasteiger partial charge < -0.3 is 29.9 Å². The molecule has 1 fully saturated rings. The number of carbonyl (C=O) groups excluding carboxylic acids is 1. The SMILES string of the molecule is CCCCCOC(=O)[C@H](C)NP(=O)(OC[C@H]1O[C@@H](n2cnc3c(=O)[nH]c(N)nc32)[C@](C)(O)[C@@H]1O)Oc1cccc2ccccc12. The van der Waals surface area contributed by atoms with Crippen molar-refractivity contribution in [2.24, 2.45) is 0 Å². The molecule has 0 spiro atoms. The molecular weight excluding hydrogens is 607 g/mol. The molecule has 1 aliphatic heterocycles. The fourth-order valence-corrected chi connectivity index (χ4v) is 6.62. The molecule has 1 unspecified atom stereocenters. The molecule has 6 N–H and O–H groups in total. The van der Waals surface area contributed by atoms with Crippen LogP contribution >= 0.6 is 7.75 Å². The quantitative estimate of drug-likeness (QED) is 0.0806. The second-order valence-electron chi connectivity index (χ2n) is 11.1. The maximum Gasteiger partial charge on any atom is 0.459 e. The van der Waals surface area contributed by atoms with E-state index in [1.807, 2.05) is 25.1 Å². The lowest BCUT2D eigenvalue weighted by molar-refractivity contribution is -0.145. The van der Waals surface area contributed by atoms with Crippen LogP contribution in [0.25, 0.3) is 21.9 Å². The number of hydrogen-bond acceptors (Lipinski definition) is 12. The second kappa shape index (κ2) is 13.3. The molecule has 16 heteroatoms. The van der Waals surface area contributed by atoms with Gasteiger partial charge in [0.2, 0.25) is 5.95 Å². The first-order chi connectivity index (χ1) is 21.4. The van der Waals surface area contributed by atoms with Crippen LogP contribution in [0.4, 0.5) is 5.95 Å². The number of nitrogens with one attached hydrogen (secondary N) is 2. The van der Waals surface area contributed by atoms with Gasteiger partial charge in [-0.05, 0) is 31.7 Å². The summed E-state index contributed by atoms with van der Waals surface area (Å²) in [7, 11) is -4.37. The molecule has 0 aliphatic carbocycles. The molecule has 0 bridgehead atoms. The Kier molecular flexibility index (Phi) is 9.58. The number of aromatic amines is 1. The standard InChI is InChI=1S/C29H37N6O9P/c1-4-5-8-14-41-26(38)17(2)34-45(40,44-20-13-9-11-18-10-6-7-12-19(18)20)42-15-21-23(36)29(3,39)27(43-21)35-16-31-22-24(35)32-28(30)33-25(22)37/h6-7,9-13,16-17,21,23,27,36,39H,4-5,8,14-15H2,1-3H3,(H,34,40)(H3,30,32,33,37)/t17-,21+,23+,27+,29+,45?/m0/s1. The fourth-order valence-electron chi connectivity index (χ4n) is 5.10. The number of anilines is 1. The molecule has 0 amide bonds. The third-order valence-electron chi connectivity index (χ3n) is 7.53.